The molecule has 0 atom stereocenters. The Hall–Kier alpha value is -4.05. The Balaban J connectivity index is 0.000000268. The summed E-state index contributed by atoms with van der Waals surface area (Å²) in [6, 6.07) is 13.3. The van der Waals surface area contributed by atoms with Crippen molar-refractivity contribution in [2.24, 2.45) is 0 Å². The van der Waals surface area contributed by atoms with Crippen LogP contribution in [0.5, 0.6) is 0 Å². The molecule has 0 saturated heterocycles. The Morgan fingerprint density at radius 1 is 1.00 bits per heavy atom. The minimum Gasteiger partial charge on any atom is -0.291 e. The highest BCUT2D eigenvalue weighted by Gasteiger charge is 2.19. The summed E-state index contributed by atoms with van der Waals surface area (Å²) in [6.45, 7) is 0. The molecule has 5 nitrogen and oxygen atoms in total. The lowest BCUT2D eigenvalue weighted by Crippen LogP contribution is -2.35. The van der Waals surface area contributed by atoms with Crippen LogP contribution in [0.15, 0.2) is 64.3 Å². The maximum absolute atomic E-state index is 14.3. The number of rotatable bonds is 1. The average molecular weight is 375 g/mol. The van der Waals surface area contributed by atoms with Crippen molar-refractivity contribution in [2.45, 2.75) is 0 Å². The Bertz CT molecular complexity index is 1360. The topological polar surface area (TPSA) is 67.8 Å². The van der Waals surface area contributed by atoms with Crippen LogP contribution in [0.25, 0.3) is 27.8 Å². The van der Waals surface area contributed by atoms with E-state index in [1.807, 2.05) is 5.92 Å². The lowest BCUT2D eigenvalue weighted by Gasteiger charge is -2.10. The van der Waals surface area contributed by atoms with Crippen molar-refractivity contribution in [3.8, 4) is 29.2 Å². The van der Waals surface area contributed by atoms with Gasteiger partial charge in [-0.15, -0.1) is 6.42 Å². The van der Waals surface area contributed by atoms with E-state index in [0.717, 1.165) is 12.1 Å². The van der Waals surface area contributed by atoms with Crippen LogP contribution >= 0.6 is 0 Å². The fourth-order valence-corrected chi connectivity index (χ4v) is 2.77. The molecule has 28 heavy (non-hydrogen) atoms. The second-order valence-corrected chi connectivity index (χ2v) is 5.95. The minimum absolute atomic E-state index is 0.0204. The van der Waals surface area contributed by atoms with Gasteiger partial charge in [0.1, 0.15) is 11.3 Å². The van der Waals surface area contributed by atoms with Crippen LogP contribution in [-0.2, 0) is 0 Å². The van der Waals surface area contributed by atoms with Crippen LogP contribution < -0.4 is 11.2 Å². The van der Waals surface area contributed by atoms with Gasteiger partial charge < -0.3 is 0 Å². The predicted octanol–water partition coefficient (Wildman–Crippen LogP) is 3.00. The summed E-state index contributed by atoms with van der Waals surface area (Å²) in [5, 5.41) is 0.0204. The third-order valence-corrected chi connectivity index (χ3v) is 4.33. The van der Waals surface area contributed by atoms with Gasteiger partial charge in [-0.1, -0.05) is 30.2 Å². The van der Waals surface area contributed by atoms with Crippen molar-refractivity contribution in [3.05, 3.63) is 92.8 Å². The van der Waals surface area contributed by atoms with E-state index in [-0.39, 0.29) is 16.6 Å². The Kier molecular flexibility index (Phi) is 4.09. The highest BCUT2D eigenvalue weighted by Crippen LogP contribution is 2.29. The Morgan fingerprint density at radius 2 is 1.68 bits per heavy atom. The average Bonchev–Trinajstić information content (AvgIpc) is 2.67. The molecule has 7 heteroatoms. The van der Waals surface area contributed by atoms with Gasteiger partial charge in [-0.25, -0.2) is 23.1 Å². The molecule has 5 rings (SSSR count). The second-order valence-electron chi connectivity index (χ2n) is 5.95. The first kappa shape index (κ1) is 17.4. The number of hydrogen-bond acceptors (Lipinski definition) is 3. The van der Waals surface area contributed by atoms with Gasteiger partial charge in [0, 0.05) is 6.20 Å². The van der Waals surface area contributed by atoms with Crippen molar-refractivity contribution in [3.63, 3.8) is 0 Å². The first-order valence-corrected chi connectivity index (χ1v) is 8.16. The van der Waals surface area contributed by atoms with Gasteiger partial charge in [-0.2, -0.15) is 0 Å². The summed E-state index contributed by atoms with van der Waals surface area (Å²) in [7, 11) is 0. The normalized spacial score (nSPS) is 10.8. The summed E-state index contributed by atoms with van der Waals surface area (Å²) >= 11 is 0. The monoisotopic (exact) mass is 375 g/mol. The molecule has 0 spiro atoms. The fraction of sp³-hybridized carbons (Fsp3) is 0. The smallest absolute Gasteiger partial charge is 0.291 e. The molecule has 3 aromatic rings. The summed E-state index contributed by atoms with van der Waals surface area (Å²) in [5.41, 5.74) is -0.0869. The van der Waals surface area contributed by atoms with E-state index in [0.29, 0.717) is 4.57 Å². The van der Waals surface area contributed by atoms with Crippen molar-refractivity contribution >= 4 is 11.0 Å². The van der Waals surface area contributed by atoms with Crippen LogP contribution in [0.4, 0.5) is 8.78 Å². The lowest BCUT2D eigenvalue weighted by molar-refractivity contribution is 0.561. The van der Waals surface area contributed by atoms with E-state index in [1.165, 1.54) is 29.5 Å². The Labute approximate surface area is 156 Å². The number of halogens is 2. The number of aromatic nitrogens is 3. The van der Waals surface area contributed by atoms with Crippen LogP contribution in [0.3, 0.4) is 0 Å². The van der Waals surface area contributed by atoms with Gasteiger partial charge in [0.2, 0.25) is 0 Å². The largest absolute Gasteiger partial charge is 0.334 e. The zero-order chi connectivity index (χ0) is 19.8. The van der Waals surface area contributed by atoms with E-state index >= 15 is 0 Å². The van der Waals surface area contributed by atoms with Gasteiger partial charge in [-0.05, 0) is 35.4 Å². The van der Waals surface area contributed by atoms with Crippen molar-refractivity contribution in [2.75, 3.05) is 0 Å². The number of terminal acetylenes is 1. The molecule has 2 aromatic heterocycles. The third-order valence-electron chi connectivity index (χ3n) is 4.33. The summed E-state index contributed by atoms with van der Waals surface area (Å²) in [5.74, 6) is -0.204. The SMILES string of the molecule is C#Cc1ccc(F)c(-n2c(=O)[nH]c3ncccc3c2=O)c1F.c1cc2ccc1-2. The first-order valence-electron chi connectivity index (χ1n) is 8.16. The van der Waals surface area contributed by atoms with E-state index in [1.54, 1.807) is 0 Å². The van der Waals surface area contributed by atoms with Crippen molar-refractivity contribution in [1.82, 2.24) is 14.5 Å². The van der Waals surface area contributed by atoms with E-state index in [9.17, 15) is 18.4 Å². The predicted molar refractivity (Wildman–Crippen MR) is 101 cm³/mol. The minimum atomic E-state index is -1.15. The molecule has 2 aliphatic carbocycles. The number of hydrogen-bond donors (Lipinski definition) is 1. The zero-order valence-electron chi connectivity index (χ0n) is 14.2. The number of nitrogens with one attached hydrogen (secondary N) is 1. The molecule has 2 aliphatic rings. The second kappa shape index (κ2) is 6.59. The molecule has 1 aromatic carbocycles. The highest BCUT2D eigenvalue weighted by molar-refractivity contribution is 5.75. The Morgan fingerprint density at radius 3 is 2.25 bits per heavy atom. The molecular weight excluding hydrogens is 364 g/mol. The van der Waals surface area contributed by atoms with Gasteiger partial charge in [0.25, 0.3) is 5.56 Å². The molecular formula is C21H11F2N3O2. The molecule has 0 saturated carbocycles. The van der Waals surface area contributed by atoms with Gasteiger partial charge in [-0.3, -0.25) is 9.78 Å². The van der Waals surface area contributed by atoms with E-state index in [2.05, 4.69) is 34.2 Å². The molecule has 0 unspecified atom stereocenters. The van der Waals surface area contributed by atoms with E-state index < -0.39 is 28.6 Å². The maximum Gasteiger partial charge on any atom is 0.334 e. The lowest BCUT2D eigenvalue weighted by atomic mass is 9.95. The van der Waals surface area contributed by atoms with Crippen LogP contribution in [-0.4, -0.2) is 14.5 Å². The van der Waals surface area contributed by atoms with E-state index in [4.69, 9.17) is 6.42 Å². The summed E-state index contributed by atoms with van der Waals surface area (Å²) in [6.07, 6.45) is 6.50. The number of H-pyrrole nitrogens is 1. The molecule has 1 N–H and O–H groups in total. The molecule has 0 radical (unpaired) electrons. The molecule has 136 valence electrons. The number of nitrogens with zero attached hydrogens (tertiary/aromatic N) is 2. The standard InChI is InChI=1S/C15H7F2N3O2.C6H4/c1-2-8-5-6-10(16)12(11(8)17)20-14(21)9-4-3-7-18-13(9)19-15(20)22;1-2-6-4-3-5(1)6/h1,3-7H,(H,18,19,22);1-4H. The third kappa shape index (κ3) is 2.68. The quantitative estimate of drug-likeness (QED) is 0.458. The zero-order valence-corrected chi connectivity index (χ0v) is 14.2. The molecule has 0 amide bonds. The number of pyridine rings is 1. The molecule has 0 fully saturated rings. The molecule has 2 heterocycles. The van der Waals surface area contributed by atoms with Gasteiger partial charge in [0.15, 0.2) is 11.6 Å². The van der Waals surface area contributed by atoms with Crippen LogP contribution in [0.1, 0.15) is 5.56 Å². The summed E-state index contributed by atoms with van der Waals surface area (Å²) < 4.78 is 28.6. The van der Waals surface area contributed by atoms with Gasteiger partial charge in [0.05, 0.1) is 10.9 Å². The molecule has 0 bridgehead atoms. The number of benzene rings is 2. The number of aromatic amines is 1. The summed E-state index contributed by atoms with van der Waals surface area (Å²) in [4.78, 5) is 30.5. The van der Waals surface area contributed by atoms with Gasteiger partial charge >= 0.3 is 5.69 Å². The van der Waals surface area contributed by atoms with Crippen LogP contribution in [0.2, 0.25) is 0 Å². The first-order chi connectivity index (χ1) is 13.5. The van der Waals surface area contributed by atoms with Crippen LogP contribution in [0, 0.1) is 24.0 Å². The fourth-order valence-electron chi connectivity index (χ4n) is 2.77. The molecule has 0 aliphatic heterocycles. The van der Waals surface area contributed by atoms with Crippen molar-refractivity contribution in [1.29, 1.82) is 0 Å². The highest BCUT2D eigenvalue weighted by atomic mass is 19.1. The maximum atomic E-state index is 14.3. The van der Waals surface area contributed by atoms with Crippen molar-refractivity contribution < 1.29 is 8.78 Å². The number of fused-ring (bicyclic) bond motifs is 2.